The smallest absolute Gasteiger partial charge is 0.319 e. The van der Waals surface area contributed by atoms with Crippen LogP contribution in [0.1, 0.15) is 6.92 Å². The highest BCUT2D eigenvalue weighted by Gasteiger charge is 2.28. The van der Waals surface area contributed by atoms with Crippen molar-refractivity contribution in [3.63, 3.8) is 0 Å². The Morgan fingerprint density at radius 1 is 1.46 bits per heavy atom. The fourth-order valence-electron chi connectivity index (χ4n) is 2.94. The van der Waals surface area contributed by atoms with E-state index >= 15 is 0 Å². The Morgan fingerprint density at radius 3 is 3.04 bits per heavy atom. The van der Waals surface area contributed by atoms with Crippen molar-refractivity contribution in [1.29, 1.82) is 0 Å². The monoisotopic (exact) mass is 349 g/mol. The number of anilines is 1. The van der Waals surface area contributed by atoms with Gasteiger partial charge in [0.1, 0.15) is 10.7 Å². The lowest BCUT2D eigenvalue weighted by molar-refractivity contribution is 0.0946. The fraction of sp³-hybridized carbons (Fsp3) is 0.533. The number of hydrogen-bond donors (Lipinski definition) is 3. The maximum atomic E-state index is 12.4. The van der Waals surface area contributed by atoms with Crippen LogP contribution >= 0.6 is 11.3 Å². The highest BCUT2D eigenvalue weighted by Crippen LogP contribution is 2.26. The maximum Gasteiger partial charge on any atom is 0.319 e. The molecule has 0 radical (unpaired) electrons. The van der Waals surface area contributed by atoms with Gasteiger partial charge in [-0.2, -0.15) is 5.10 Å². The van der Waals surface area contributed by atoms with E-state index in [4.69, 9.17) is 0 Å². The van der Waals surface area contributed by atoms with Crippen LogP contribution in [0.15, 0.2) is 17.8 Å². The molecule has 130 valence electrons. The molecule has 0 aliphatic carbocycles. The van der Waals surface area contributed by atoms with Gasteiger partial charge in [0.25, 0.3) is 0 Å². The molecule has 1 aliphatic heterocycles. The minimum Gasteiger partial charge on any atom is -0.334 e. The first-order valence-corrected chi connectivity index (χ1v) is 8.82. The van der Waals surface area contributed by atoms with Crippen molar-refractivity contribution in [2.45, 2.75) is 19.0 Å². The summed E-state index contributed by atoms with van der Waals surface area (Å²) in [5.41, 5.74) is 1.35. The quantitative estimate of drug-likeness (QED) is 0.774. The molecule has 0 bridgehead atoms. The Hall–Kier alpha value is -1.97. The van der Waals surface area contributed by atoms with E-state index in [2.05, 4.69) is 49.7 Å². The number of amides is 2. The number of nitrogens with one attached hydrogen (secondary N) is 3. The summed E-state index contributed by atoms with van der Waals surface area (Å²) in [6.45, 7) is 5.04. The molecule has 1 saturated heterocycles. The third-order valence-corrected chi connectivity index (χ3v) is 5.16. The predicted molar refractivity (Wildman–Crippen MR) is 95.2 cm³/mol. The van der Waals surface area contributed by atoms with Gasteiger partial charge in [0.05, 0.1) is 11.9 Å². The van der Waals surface area contributed by atoms with Gasteiger partial charge >= 0.3 is 6.03 Å². The summed E-state index contributed by atoms with van der Waals surface area (Å²) in [6.07, 6.45) is 3.32. The van der Waals surface area contributed by atoms with Crippen LogP contribution in [0.25, 0.3) is 10.7 Å². The zero-order chi connectivity index (χ0) is 17.1. The van der Waals surface area contributed by atoms with Gasteiger partial charge in [-0.15, -0.1) is 11.3 Å². The number of nitrogens with zero attached hydrogens (tertiary/aromatic N) is 4. The Balaban J connectivity index is 1.61. The molecule has 0 saturated carbocycles. The van der Waals surface area contributed by atoms with Crippen LogP contribution in [0, 0.1) is 0 Å². The van der Waals surface area contributed by atoms with Crippen LogP contribution in [-0.4, -0.2) is 76.8 Å². The molecule has 1 aliphatic rings. The number of piperazine rings is 1. The second-order valence-corrected chi connectivity index (χ2v) is 7.09. The van der Waals surface area contributed by atoms with E-state index in [0.29, 0.717) is 5.69 Å². The van der Waals surface area contributed by atoms with E-state index in [9.17, 15) is 4.79 Å². The lowest BCUT2D eigenvalue weighted by Crippen LogP contribution is -2.58. The molecule has 3 heterocycles. The molecule has 0 spiro atoms. The van der Waals surface area contributed by atoms with Crippen molar-refractivity contribution in [2.24, 2.45) is 0 Å². The molecule has 2 aromatic heterocycles. The molecule has 8 nitrogen and oxygen atoms in total. The zero-order valence-electron chi connectivity index (χ0n) is 14.1. The molecule has 0 aromatic carbocycles. The second kappa shape index (κ2) is 7.29. The van der Waals surface area contributed by atoms with Crippen LogP contribution < -0.4 is 10.6 Å². The fourth-order valence-corrected chi connectivity index (χ4v) is 3.58. The molecule has 2 aromatic rings. The average molecular weight is 349 g/mol. The predicted octanol–water partition coefficient (Wildman–Crippen LogP) is 1.29. The van der Waals surface area contributed by atoms with E-state index in [1.54, 1.807) is 12.4 Å². The van der Waals surface area contributed by atoms with E-state index in [0.717, 1.165) is 30.3 Å². The Kier molecular flexibility index (Phi) is 5.12. The van der Waals surface area contributed by atoms with Gasteiger partial charge in [0.2, 0.25) is 0 Å². The van der Waals surface area contributed by atoms with Crippen LogP contribution in [0.5, 0.6) is 0 Å². The molecule has 2 unspecified atom stereocenters. The lowest BCUT2D eigenvalue weighted by atomic mass is 10.1. The van der Waals surface area contributed by atoms with Gasteiger partial charge < -0.3 is 15.5 Å². The summed E-state index contributed by atoms with van der Waals surface area (Å²) in [4.78, 5) is 21.2. The van der Waals surface area contributed by atoms with Gasteiger partial charge in [-0.3, -0.25) is 10.00 Å². The second-order valence-electron chi connectivity index (χ2n) is 6.19. The van der Waals surface area contributed by atoms with Crippen molar-refractivity contribution in [3.05, 3.63) is 17.8 Å². The molecule has 2 amide bonds. The van der Waals surface area contributed by atoms with Crippen molar-refractivity contribution in [2.75, 3.05) is 39.0 Å². The molecule has 3 rings (SSSR count). The average Bonchev–Trinajstić information content (AvgIpc) is 3.20. The number of thiazole rings is 1. The van der Waals surface area contributed by atoms with E-state index in [1.165, 1.54) is 11.3 Å². The first-order chi connectivity index (χ1) is 11.5. The molecule has 1 fully saturated rings. The number of aromatic nitrogens is 3. The topological polar surface area (TPSA) is 89.2 Å². The summed E-state index contributed by atoms with van der Waals surface area (Å²) < 4.78 is 0. The van der Waals surface area contributed by atoms with Crippen LogP contribution in [-0.2, 0) is 0 Å². The van der Waals surface area contributed by atoms with Crippen molar-refractivity contribution < 1.29 is 4.79 Å². The third-order valence-electron chi connectivity index (χ3n) is 4.37. The lowest BCUT2D eigenvalue weighted by Gasteiger charge is -2.40. The minimum atomic E-state index is -0.233. The number of aromatic amines is 1. The molecule has 9 heteroatoms. The summed E-state index contributed by atoms with van der Waals surface area (Å²) in [5, 5.41) is 15.5. The summed E-state index contributed by atoms with van der Waals surface area (Å²) in [5.74, 6) is 0. The summed E-state index contributed by atoms with van der Waals surface area (Å²) in [6, 6.07) is 0.0913. The third kappa shape index (κ3) is 3.74. The van der Waals surface area contributed by atoms with Gasteiger partial charge in [-0.25, -0.2) is 9.78 Å². The Morgan fingerprint density at radius 2 is 2.29 bits per heavy atom. The largest absolute Gasteiger partial charge is 0.334 e. The van der Waals surface area contributed by atoms with Crippen LogP contribution in [0.2, 0.25) is 0 Å². The first-order valence-electron chi connectivity index (χ1n) is 7.94. The number of rotatable bonds is 4. The van der Waals surface area contributed by atoms with Crippen LogP contribution in [0.3, 0.4) is 0 Å². The number of urea groups is 1. The van der Waals surface area contributed by atoms with E-state index in [-0.39, 0.29) is 18.1 Å². The highest BCUT2D eigenvalue weighted by molar-refractivity contribution is 7.13. The minimum absolute atomic E-state index is 0.0352. The van der Waals surface area contributed by atoms with E-state index < -0.39 is 0 Å². The number of H-pyrrole nitrogens is 1. The van der Waals surface area contributed by atoms with Crippen molar-refractivity contribution in [3.8, 4) is 10.7 Å². The van der Waals surface area contributed by atoms with Crippen molar-refractivity contribution in [1.82, 2.24) is 30.3 Å². The SMILES string of the molecule is CC(NC(=O)Nc1cn[nH]c1-c1nccs1)C1CN(C)CCN1C. The summed E-state index contributed by atoms with van der Waals surface area (Å²) in [7, 11) is 4.21. The maximum absolute atomic E-state index is 12.4. The standard InChI is InChI=1S/C15H23N7OS/c1-10(12-9-21(2)5-6-22(12)3)18-15(23)19-11-8-17-20-13(11)14-16-4-7-24-14/h4,7-8,10,12H,5-6,9H2,1-3H3,(H,17,20)(H2,18,19,23). The van der Waals surface area contributed by atoms with Crippen LogP contribution in [0.4, 0.5) is 10.5 Å². The zero-order valence-corrected chi connectivity index (χ0v) is 14.9. The molecular weight excluding hydrogens is 326 g/mol. The molecular formula is C15H23N7OS. The summed E-state index contributed by atoms with van der Waals surface area (Å²) >= 11 is 1.49. The highest BCUT2D eigenvalue weighted by atomic mass is 32.1. The van der Waals surface area contributed by atoms with Gasteiger partial charge in [-0.05, 0) is 21.0 Å². The molecule has 24 heavy (non-hydrogen) atoms. The number of carbonyl (C=O) groups excluding carboxylic acids is 1. The molecule has 3 N–H and O–H groups in total. The first kappa shape index (κ1) is 16.9. The van der Waals surface area contributed by atoms with Gasteiger partial charge in [-0.1, -0.05) is 0 Å². The number of hydrogen-bond acceptors (Lipinski definition) is 6. The number of likely N-dealkylation sites (N-methyl/N-ethyl adjacent to an activating group) is 2. The Labute approximate surface area is 145 Å². The normalized spacial score (nSPS) is 20.7. The van der Waals surface area contributed by atoms with Gasteiger partial charge in [0, 0.05) is 43.3 Å². The van der Waals surface area contributed by atoms with Crippen molar-refractivity contribution >= 4 is 23.1 Å². The molecule has 2 atom stereocenters. The van der Waals surface area contributed by atoms with Gasteiger partial charge in [0.15, 0.2) is 0 Å². The Bertz CT molecular complexity index is 671. The van der Waals surface area contributed by atoms with E-state index in [1.807, 2.05) is 12.3 Å². The number of carbonyl (C=O) groups is 1.